The lowest BCUT2D eigenvalue weighted by Crippen LogP contribution is -2.49. The summed E-state index contributed by atoms with van der Waals surface area (Å²) in [6.45, 7) is 2.77. The van der Waals surface area contributed by atoms with Crippen LogP contribution >= 0.6 is 11.8 Å². The number of hydrogen-bond donors (Lipinski definition) is 1. The first-order chi connectivity index (χ1) is 16.5. The Labute approximate surface area is 202 Å². The number of aromatic amines is 1. The molecule has 4 rings (SSSR count). The predicted octanol–water partition coefficient (Wildman–Crippen LogP) is 2.97. The second-order valence-corrected chi connectivity index (χ2v) is 8.89. The van der Waals surface area contributed by atoms with Gasteiger partial charge >= 0.3 is 0 Å². The van der Waals surface area contributed by atoms with Gasteiger partial charge in [-0.05, 0) is 42.0 Å². The Hall–Kier alpha value is -3.46. The predicted molar refractivity (Wildman–Crippen MR) is 133 cm³/mol. The number of amides is 1. The van der Waals surface area contributed by atoms with E-state index in [4.69, 9.17) is 9.47 Å². The topological polar surface area (TPSA) is 87.8 Å². The highest BCUT2D eigenvalue weighted by Crippen LogP contribution is 2.22. The minimum Gasteiger partial charge on any atom is -0.497 e. The monoisotopic (exact) mass is 480 g/mol. The van der Waals surface area contributed by atoms with Gasteiger partial charge in [0.25, 0.3) is 5.56 Å². The molecule has 0 spiro atoms. The molecule has 8 nitrogen and oxygen atoms in total. The van der Waals surface area contributed by atoms with Crippen LogP contribution in [0.2, 0.25) is 0 Å². The van der Waals surface area contributed by atoms with Gasteiger partial charge in [0.15, 0.2) is 5.16 Å². The van der Waals surface area contributed by atoms with Crippen LogP contribution < -0.4 is 19.9 Å². The average Bonchev–Trinajstić information content (AvgIpc) is 2.87. The van der Waals surface area contributed by atoms with E-state index in [0.717, 1.165) is 35.8 Å². The first kappa shape index (κ1) is 23.7. The summed E-state index contributed by atoms with van der Waals surface area (Å²) in [7, 11) is 3.28. The van der Waals surface area contributed by atoms with Crippen LogP contribution in [0.3, 0.4) is 0 Å². The number of rotatable bonds is 8. The van der Waals surface area contributed by atoms with E-state index in [0.29, 0.717) is 29.7 Å². The van der Waals surface area contributed by atoms with Crippen molar-refractivity contribution in [2.75, 3.05) is 45.3 Å². The van der Waals surface area contributed by atoms with E-state index in [1.807, 2.05) is 53.4 Å². The van der Waals surface area contributed by atoms with Crippen molar-refractivity contribution in [3.05, 3.63) is 76.2 Å². The van der Waals surface area contributed by atoms with Crippen LogP contribution in [0.25, 0.3) is 0 Å². The molecule has 0 radical (unpaired) electrons. The first-order valence-electron chi connectivity index (χ1n) is 11.1. The number of methoxy groups -OCH3 is 2. The zero-order valence-corrected chi connectivity index (χ0v) is 20.1. The molecule has 1 aromatic heterocycles. The highest BCUT2D eigenvalue weighted by atomic mass is 32.2. The maximum atomic E-state index is 12.9. The summed E-state index contributed by atoms with van der Waals surface area (Å²) in [6, 6.07) is 17.1. The van der Waals surface area contributed by atoms with Crippen LogP contribution in [0, 0.1) is 0 Å². The van der Waals surface area contributed by atoms with Crippen LogP contribution in [0.4, 0.5) is 5.69 Å². The largest absolute Gasteiger partial charge is 0.497 e. The van der Waals surface area contributed by atoms with E-state index in [1.165, 1.54) is 17.8 Å². The lowest BCUT2D eigenvalue weighted by atomic mass is 10.2. The summed E-state index contributed by atoms with van der Waals surface area (Å²) in [4.78, 5) is 36.4. The zero-order valence-electron chi connectivity index (χ0n) is 19.3. The maximum Gasteiger partial charge on any atom is 0.251 e. The minimum absolute atomic E-state index is 0.0174. The maximum absolute atomic E-state index is 12.9. The van der Waals surface area contributed by atoms with Gasteiger partial charge in [0.05, 0.1) is 26.3 Å². The molecule has 0 unspecified atom stereocenters. The normalized spacial score (nSPS) is 13.6. The average molecular weight is 481 g/mol. The third-order valence-corrected chi connectivity index (χ3v) is 6.63. The fourth-order valence-corrected chi connectivity index (χ4v) is 4.67. The number of nitrogens with one attached hydrogen (secondary N) is 1. The van der Waals surface area contributed by atoms with Crippen LogP contribution in [-0.4, -0.2) is 61.2 Å². The molecule has 0 bridgehead atoms. The van der Waals surface area contributed by atoms with E-state index in [1.54, 1.807) is 14.2 Å². The van der Waals surface area contributed by atoms with Crippen molar-refractivity contribution >= 4 is 23.4 Å². The lowest BCUT2D eigenvalue weighted by molar-refractivity contribution is -0.130. The highest BCUT2D eigenvalue weighted by molar-refractivity contribution is 7.98. The van der Waals surface area contributed by atoms with E-state index >= 15 is 0 Å². The Morgan fingerprint density at radius 1 is 1.00 bits per heavy atom. The van der Waals surface area contributed by atoms with Gasteiger partial charge in [-0.25, -0.2) is 4.98 Å². The number of thioether (sulfide) groups is 1. The van der Waals surface area contributed by atoms with E-state index < -0.39 is 0 Å². The van der Waals surface area contributed by atoms with Crippen molar-refractivity contribution in [3.63, 3.8) is 0 Å². The summed E-state index contributed by atoms with van der Waals surface area (Å²) in [5.41, 5.74) is 2.40. The second kappa shape index (κ2) is 11.1. The van der Waals surface area contributed by atoms with Crippen molar-refractivity contribution < 1.29 is 14.3 Å². The summed E-state index contributed by atoms with van der Waals surface area (Å²) in [5.74, 6) is 2.22. The molecule has 2 heterocycles. The molecule has 2 aromatic carbocycles. The summed E-state index contributed by atoms with van der Waals surface area (Å²) >= 11 is 1.42. The molecule has 9 heteroatoms. The molecular formula is C25H28N4O4S. The zero-order chi connectivity index (χ0) is 23.9. The molecule has 0 atom stereocenters. The molecule has 0 saturated carbocycles. The van der Waals surface area contributed by atoms with Gasteiger partial charge in [-0.3, -0.25) is 9.59 Å². The number of benzene rings is 2. The molecule has 1 amide bonds. The number of carbonyl (C=O) groups excluding carboxylic acids is 1. The van der Waals surface area contributed by atoms with Crippen LogP contribution in [-0.2, 0) is 17.0 Å². The molecule has 3 aromatic rings. The Kier molecular flexibility index (Phi) is 7.74. The minimum atomic E-state index is -0.254. The molecule has 178 valence electrons. The lowest BCUT2D eigenvalue weighted by Gasteiger charge is -2.36. The van der Waals surface area contributed by atoms with Gasteiger partial charge < -0.3 is 24.3 Å². The number of ether oxygens (including phenoxy) is 2. The van der Waals surface area contributed by atoms with Crippen LogP contribution in [0.5, 0.6) is 11.5 Å². The van der Waals surface area contributed by atoms with Crippen LogP contribution in [0.15, 0.2) is 64.5 Å². The molecular weight excluding hydrogens is 452 g/mol. The van der Waals surface area contributed by atoms with E-state index in [-0.39, 0.29) is 17.9 Å². The van der Waals surface area contributed by atoms with E-state index in [2.05, 4.69) is 14.9 Å². The summed E-state index contributed by atoms with van der Waals surface area (Å²) in [6.07, 6.45) is 0.110. The van der Waals surface area contributed by atoms with Gasteiger partial charge in [-0.15, -0.1) is 0 Å². The number of anilines is 1. The Morgan fingerprint density at radius 3 is 2.44 bits per heavy atom. The first-order valence-corrected chi connectivity index (χ1v) is 12.1. The third-order valence-electron chi connectivity index (χ3n) is 5.68. The summed E-state index contributed by atoms with van der Waals surface area (Å²) < 4.78 is 10.5. The van der Waals surface area contributed by atoms with Gasteiger partial charge in [0.2, 0.25) is 5.91 Å². The van der Waals surface area contributed by atoms with Crippen molar-refractivity contribution in [2.45, 2.75) is 17.3 Å². The van der Waals surface area contributed by atoms with Gasteiger partial charge in [-0.2, -0.15) is 0 Å². The Morgan fingerprint density at radius 2 is 1.74 bits per heavy atom. The smallest absolute Gasteiger partial charge is 0.251 e. The fourth-order valence-electron chi connectivity index (χ4n) is 3.83. The molecule has 1 N–H and O–H groups in total. The highest BCUT2D eigenvalue weighted by Gasteiger charge is 2.22. The Bertz CT molecular complexity index is 1170. The number of H-pyrrole nitrogens is 1. The van der Waals surface area contributed by atoms with Crippen molar-refractivity contribution in [3.8, 4) is 11.5 Å². The number of piperazine rings is 1. The molecule has 1 fully saturated rings. The third kappa shape index (κ3) is 6.11. The SMILES string of the molecule is COc1ccc(N2CCN(C(=O)Cc3cc(=O)[nH]c(SCc4cccc(OC)c4)n3)CC2)cc1. The summed E-state index contributed by atoms with van der Waals surface area (Å²) in [5, 5.41) is 0.502. The van der Waals surface area contributed by atoms with Crippen LogP contribution in [0.1, 0.15) is 11.3 Å². The number of hydrogen-bond acceptors (Lipinski definition) is 7. The second-order valence-electron chi connectivity index (χ2n) is 7.92. The van der Waals surface area contributed by atoms with Gasteiger partial charge in [-0.1, -0.05) is 23.9 Å². The Balaban J connectivity index is 1.33. The molecule has 1 aliphatic heterocycles. The van der Waals surface area contributed by atoms with Crippen molar-refractivity contribution in [1.82, 2.24) is 14.9 Å². The fraction of sp³-hybridized carbons (Fsp3) is 0.320. The molecule has 1 saturated heterocycles. The number of carbonyl (C=O) groups is 1. The van der Waals surface area contributed by atoms with Gasteiger partial charge in [0, 0.05) is 43.7 Å². The number of aromatic nitrogens is 2. The van der Waals surface area contributed by atoms with Gasteiger partial charge in [0.1, 0.15) is 11.5 Å². The van der Waals surface area contributed by atoms with Crippen molar-refractivity contribution in [2.24, 2.45) is 0 Å². The van der Waals surface area contributed by atoms with Crippen molar-refractivity contribution in [1.29, 1.82) is 0 Å². The quantitative estimate of drug-likeness (QED) is 0.392. The standard InChI is InChI=1S/C25H28N4O4S/c1-32-21-8-6-20(7-9-21)28-10-12-29(13-11-28)24(31)16-19-15-23(30)27-25(26-19)34-17-18-4-3-5-22(14-18)33-2/h3-9,14-15H,10-13,16-17H2,1-2H3,(H,26,27,30). The van der Waals surface area contributed by atoms with E-state index in [9.17, 15) is 9.59 Å². The molecule has 1 aliphatic rings. The molecule has 34 heavy (non-hydrogen) atoms. The number of nitrogens with zero attached hydrogens (tertiary/aromatic N) is 3. The molecule has 0 aliphatic carbocycles.